The summed E-state index contributed by atoms with van der Waals surface area (Å²) in [4.78, 5) is 11.8. The predicted molar refractivity (Wildman–Crippen MR) is 88.3 cm³/mol. The van der Waals surface area contributed by atoms with Gasteiger partial charge in [0.15, 0.2) is 0 Å². The molecular weight excluding hydrogens is 314 g/mol. The molecule has 0 spiro atoms. The molecule has 1 N–H and O–H groups in total. The van der Waals surface area contributed by atoms with E-state index in [9.17, 15) is 13.2 Å². The fraction of sp³-hybridized carbons (Fsp3) is 0.941. The van der Waals surface area contributed by atoms with Crippen LogP contribution >= 0.6 is 0 Å². The maximum Gasteiger partial charge on any atom is 0.310 e. The van der Waals surface area contributed by atoms with Crippen molar-refractivity contribution in [1.82, 2.24) is 4.72 Å². The van der Waals surface area contributed by atoms with Crippen molar-refractivity contribution in [2.75, 3.05) is 7.11 Å². The molecule has 132 valence electrons. The average Bonchev–Trinajstić information content (AvgIpc) is 3.04. The van der Waals surface area contributed by atoms with Crippen LogP contribution in [0.15, 0.2) is 0 Å². The summed E-state index contributed by atoms with van der Waals surface area (Å²) in [7, 11) is -2.12. The second kappa shape index (κ2) is 7.09. The topological polar surface area (TPSA) is 72.5 Å². The molecule has 0 aromatic rings. The van der Waals surface area contributed by atoms with Gasteiger partial charge in [0.25, 0.3) is 0 Å². The van der Waals surface area contributed by atoms with Crippen LogP contribution in [0.1, 0.15) is 64.2 Å². The molecule has 6 heteroatoms. The zero-order chi connectivity index (χ0) is 16.4. The summed E-state index contributed by atoms with van der Waals surface area (Å²) in [5.74, 6) is 0.612. The maximum atomic E-state index is 12.8. The molecule has 3 saturated carbocycles. The minimum Gasteiger partial charge on any atom is -0.469 e. The van der Waals surface area contributed by atoms with Gasteiger partial charge in [-0.15, -0.1) is 0 Å². The molecule has 3 aliphatic rings. The van der Waals surface area contributed by atoms with Gasteiger partial charge in [-0.05, 0) is 43.9 Å². The van der Waals surface area contributed by atoms with Crippen LogP contribution in [-0.2, 0) is 19.6 Å². The highest BCUT2D eigenvalue weighted by Gasteiger charge is 2.43. The first kappa shape index (κ1) is 17.2. The summed E-state index contributed by atoms with van der Waals surface area (Å²) in [5, 5.41) is -0.612. The van der Waals surface area contributed by atoms with Crippen LogP contribution in [0.4, 0.5) is 0 Å². The maximum absolute atomic E-state index is 12.8. The average molecular weight is 343 g/mol. The van der Waals surface area contributed by atoms with Gasteiger partial charge in [0.05, 0.1) is 18.3 Å². The molecule has 0 heterocycles. The van der Waals surface area contributed by atoms with E-state index in [1.54, 1.807) is 0 Å². The molecular formula is C17H29NO4S. The van der Waals surface area contributed by atoms with Crippen molar-refractivity contribution in [3.8, 4) is 0 Å². The molecule has 0 amide bonds. The molecule has 0 bridgehead atoms. The van der Waals surface area contributed by atoms with Crippen molar-refractivity contribution in [2.24, 2.45) is 17.8 Å². The Morgan fingerprint density at radius 1 is 0.957 bits per heavy atom. The third kappa shape index (κ3) is 3.73. The Morgan fingerprint density at radius 3 is 2.43 bits per heavy atom. The van der Waals surface area contributed by atoms with Gasteiger partial charge in [0.1, 0.15) is 0 Å². The van der Waals surface area contributed by atoms with Crippen molar-refractivity contribution in [2.45, 2.75) is 75.5 Å². The molecule has 23 heavy (non-hydrogen) atoms. The first-order valence-electron chi connectivity index (χ1n) is 9.10. The van der Waals surface area contributed by atoms with Gasteiger partial charge < -0.3 is 4.74 Å². The lowest BCUT2D eigenvalue weighted by atomic mass is 9.70. The third-order valence-electron chi connectivity index (χ3n) is 6.23. The molecule has 0 aliphatic heterocycles. The van der Waals surface area contributed by atoms with Crippen molar-refractivity contribution in [1.29, 1.82) is 0 Å². The number of methoxy groups -OCH3 is 1. The van der Waals surface area contributed by atoms with E-state index in [1.807, 2.05) is 0 Å². The van der Waals surface area contributed by atoms with E-state index in [4.69, 9.17) is 4.74 Å². The largest absolute Gasteiger partial charge is 0.469 e. The molecule has 5 unspecified atom stereocenters. The van der Waals surface area contributed by atoms with E-state index in [0.717, 1.165) is 31.6 Å². The summed E-state index contributed by atoms with van der Waals surface area (Å²) >= 11 is 0. The Morgan fingerprint density at radius 2 is 1.70 bits per heavy atom. The second-order valence-electron chi connectivity index (χ2n) is 7.58. The number of sulfonamides is 1. The van der Waals surface area contributed by atoms with Crippen molar-refractivity contribution >= 4 is 16.0 Å². The smallest absolute Gasteiger partial charge is 0.310 e. The molecule has 3 aliphatic carbocycles. The van der Waals surface area contributed by atoms with E-state index in [2.05, 4.69) is 4.72 Å². The van der Waals surface area contributed by atoms with Crippen molar-refractivity contribution in [3.63, 3.8) is 0 Å². The zero-order valence-electron chi connectivity index (χ0n) is 14.0. The number of carbonyl (C=O) groups is 1. The summed E-state index contributed by atoms with van der Waals surface area (Å²) in [5.41, 5.74) is 0. The fourth-order valence-corrected chi connectivity index (χ4v) is 7.03. The molecule has 0 radical (unpaired) electrons. The minimum absolute atomic E-state index is 0.0539. The van der Waals surface area contributed by atoms with E-state index in [1.165, 1.54) is 32.8 Å². The van der Waals surface area contributed by atoms with Crippen LogP contribution in [0.3, 0.4) is 0 Å². The summed E-state index contributed by atoms with van der Waals surface area (Å²) < 4.78 is 33.3. The number of nitrogens with one attached hydrogen (secondary N) is 1. The van der Waals surface area contributed by atoms with Crippen LogP contribution in [-0.4, -0.2) is 32.8 Å². The standard InChI is InChI=1S/C17H29NO4S/c1-22-17(19)15-7-4-8-16(15)23(20,21)18-14-10-9-12-5-2-3-6-13(12)11-14/h12-16,18H,2-11H2,1H3. The SMILES string of the molecule is COC(=O)C1CCCC1S(=O)(=O)NC1CCC2CCCCC2C1. The van der Waals surface area contributed by atoms with Crippen LogP contribution in [0.5, 0.6) is 0 Å². The quantitative estimate of drug-likeness (QED) is 0.797. The first-order chi connectivity index (χ1) is 11.0. The number of esters is 1. The number of carbonyl (C=O) groups excluding carboxylic acids is 1. The van der Waals surface area contributed by atoms with Gasteiger partial charge in [0.2, 0.25) is 10.0 Å². The van der Waals surface area contributed by atoms with Gasteiger partial charge in [0, 0.05) is 6.04 Å². The number of hydrogen-bond acceptors (Lipinski definition) is 4. The highest BCUT2D eigenvalue weighted by molar-refractivity contribution is 7.90. The number of fused-ring (bicyclic) bond motifs is 1. The number of rotatable bonds is 4. The minimum atomic E-state index is -3.45. The lowest BCUT2D eigenvalue weighted by molar-refractivity contribution is -0.145. The van der Waals surface area contributed by atoms with Crippen LogP contribution in [0.25, 0.3) is 0 Å². The molecule has 3 fully saturated rings. The molecule has 0 aromatic carbocycles. The van der Waals surface area contributed by atoms with Crippen LogP contribution in [0.2, 0.25) is 0 Å². The highest BCUT2D eigenvalue weighted by atomic mass is 32.2. The first-order valence-corrected chi connectivity index (χ1v) is 10.6. The van der Waals surface area contributed by atoms with E-state index >= 15 is 0 Å². The normalized spacial score (nSPS) is 38.0. The summed E-state index contributed by atoms with van der Waals surface area (Å²) in [6.07, 6.45) is 10.2. The van der Waals surface area contributed by atoms with Gasteiger partial charge in [-0.2, -0.15) is 0 Å². The van der Waals surface area contributed by atoms with Crippen LogP contribution in [0, 0.1) is 17.8 Å². The molecule has 5 atom stereocenters. The predicted octanol–water partition coefficient (Wildman–Crippen LogP) is 2.61. The molecule has 5 nitrogen and oxygen atoms in total. The Bertz CT molecular complexity index is 533. The highest BCUT2D eigenvalue weighted by Crippen LogP contribution is 2.41. The zero-order valence-corrected chi connectivity index (χ0v) is 14.8. The monoisotopic (exact) mass is 343 g/mol. The van der Waals surface area contributed by atoms with E-state index in [-0.39, 0.29) is 12.0 Å². The van der Waals surface area contributed by atoms with Gasteiger partial charge >= 0.3 is 5.97 Å². The van der Waals surface area contributed by atoms with Crippen LogP contribution < -0.4 is 4.72 Å². The van der Waals surface area contributed by atoms with Gasteiger partial charge in [-0.3, -0.25) is 4.79 Å². The van der Waals surface area contributed by atoms with E-state index in [0.29, 0.717) is 18.8 Å². The molecule has 0 aromatic heterocycles. The number of ether oxygens (including phenoxy) is 1. The van der Waals surface area contributed by atoms with Crippen molar-refractivity contribution in [3.05, 3.63) is 0 Å². The van der Waals surface area contributed by atoms with Crippen molar-refractivity contribution < 1.29 is 17.9 Å². The molecule has 3 rings (SSSR count). The Kier molecular flexibility index (Phi) is 5.31. The molecule has 0 saturated heterocycles. The van der Waals surface area contributed by atoms with Gasteiger partial charge in [-0.1, -0.05) is 32.1 Å². The fourth-order valence-electron chi connectivity index (χ4n) is 5.02. The van der Waals surface area contributed by atoms with Gasteiger partial charge in [-0.25, -0.2) is 13.1 Å². The Hall–Kier alpha value is -0.620. The lowest BCUT2D eigenvalue weighted by Gasteiger charge is -2.39. The Labute approximate surface area is 139 Å². The van der Waals surface area contributed by atoms with E-state index < -0.39 is 21.2 Å². The second-order valence-corrected chi connectivity index (χ2v) is 9.51. The summed E-state index contributed by atoms with van der Waals surface area (Å²) in [6.45, 7) is 0. The lowest BCUT2D eigenvalue weighted by Crippen LogP contribution is -2.47. The Balaban J connectivity index is 1.63. The third-order valence-corrected chi connectivity index (χ3v) is 8.25. The summed E-state index contributed by atoms with van der Waals surface area (Å²) in [6, 6.07) is 0.0539. The number of hydrogen-bond donors (Lipinski definition) is 1.